The first kappa shape index (κ1) is 12.4. The number of nitrogens with one attached hydrogen (secondary N) is 1. The topological polar surface area (TPSA) is 58.4 Å². The number of benzene rings is 1. The summed E-state index contributed by atoms with van der Waals surface area (Å²) < 4.78 is 0. The van der Waals surface area contributed by atoms with Gasteiger partial charge in [0.1, 0.15) is 0 Å². The summed E-state index contributed by atoms with van der Waals surface area (Å²) in [5.41, 5.74) is 2.02. The first-order valence-corrected chi connectivity index (χ1v) is 5.22. The fourth-order valence-corrected chi connectivity index (χ4v) is 1.47. The molecule has 5 heteroatoms. The molecule has 0 heterocycles. The van der Waals surface area contributed by atoms with Crippen molar-refractivity contribution in [2.24, 2.45) is 0 Å². The first-order chi connectivity index (χ1) is 7.58. The van der Waals surface area contributed by atoms with Gasteiger partial charge in [0.05, 0.1) is 4.92 Å². The van der Waals surface area contributed by atoms with Gasteiger partial charge in [0.25, 0.3) is 5.69 Å². The molecule has 0 fully saturated rings. The van der Waals surface area contributed by atoms with Crippen LogP contribution in [0.2, 0.25) is 0 Å². The molecule has 0 aliphatic rings. The van der Waals surface area contributed by atoms with Crippen molar-refractivity contribution in [1.29, 1.82) is 0 Å². The standard InChI is InChI=1S/C11H17N3O2/c1-4-13(3)8-9-7-10(14(15)16)5-6-11(9)12-2/h5-7,12H,4,8H2,1-3H3. The highest BCUT2D eigenvalue weighted by atomic mass is 16.6. The van der Waals surface area contributed by atoms with Gasteiger partial charge in [-0.3, -0.25) is 10.1 Å². The van der Waals surface area contributed by atoms with E-state index in [2.05, 4.69) is 17.1 Å². The van der Waals surface area contributed by atoms with E-state index >= 15 is 0 Å². The fourth-order valence-electron chi connectivity index (χ4n) is 1.47. The summed E-state index contributed by atoms with van der Waals surface area (Å²) in [6, 6.07) is 4.89. The van der Waals surface area contributed by atoms with Crippen molar-refractivity contribution in [2.75, 3.05) is 26.0 Å². The van der Waals surface area contributed by atoms with E-state index in [1.165, 1.54) is 6.07 Å². The SMILES string of the molecule is CCN(C)Cc1cc([N+](=O)[O-])ccc1NC. The largest absolute Gasteiger partial charge is 0.388 e. The maximum Gasteiger partial charge on any atom is 0.269 e. The third-order valence-electron chi connectivity index (χ3n) is 2.55. The highest BCUT2D eigenvalue weighted by molar-refractivity contribution is 5.55. The summed E-state index contributed by atoms with van der Waals surface area (Å²) in [6.07, 6.45) is 0. The number of nitrogens with zero attached hydrogens (tertiary/aromatic N) is 2. The van der Waals surface area contributed by atoms with Gasteiger partial charge in [0.15, 0.2) is 0 Å². The van der Waals surface area contributed by atoms with Crippen LogP contribution in [0.15, 0.2) is 18.2 Å². The molecule has 0 amide bonds. The van der Waals surface area contributed by atoms with Gasteiger partial charge < -0.3 is 10.2 Å². The Morgan fingerprint density at radius 3 is 2.69 bits per heavy atom. The molecule has 1 rings (SSSR count). The Hall–Kier alpha value is -1.62. The van der Waals surface area contributed by atoms with Crippen LogP contribution in [0.4, 0.5) is 11.4 Å². The monoisotopic (exact) mass is 223 g/mol. The summed E-state index contributed by atoms with van der Waals surface area (Å²) in [5.74, 6) is 0. The molecule has 0 unspecified atom stereocenters. The average Bonchev–Trinajstić information content (AvgIpc) is 2.28. The van der Waals surface area contributed by atoms with Crippen LogP contribution < -0.4 is 5.32 Å². The zero-order valence-corrected chi connectivity index (χ0v) is 9.86. The predicted molar refractivity (Wildman–Crippen MR) is 64.7 cm³/mol. The maximum atomic E-state index is 10.7. The van der Waals surface area contributed by atoms with Gasteiger partial charge >= 0.3 is 0 Å². The zero-order chi connectivity index (χ0) is 12.1. The van der Waals surface area contributed by atoms with E-state index in [0.717, 1.165) is 17.8 Å². The van der Waals surface area contributed by atoms with Crippen LogP contribution in [0, 0.1) is 10.1 Å². The molecule has 0 spiro atoms. The molecule has 0 saturated heterocycles. The minimum Gasteiger partial charge on any atom is -0.388 e. The summed E-state index contributed by atoms with van der Waals surface area (Å²) in [7, 11) is 3.80. The molecule has 0 saturated carbocycles. The number of nitro groups is 1. The highest BCUT2D eigenvalue weighted by Crippen LogP contribution is 2.22. The second-order valence-electron chi connectivity index (χ2n) is 3.68. The van der Waals surface area contributed by atoms with Crippen molar-refractivity contribution in [3.8, 4) is 0 Å². The summed E-state index contributed by atoms with van der Waals surface area (Å²) in [5, 5.41) is 13.7. The first-order valence-electron chi connectivity index (χ1n) is 5.22. The summed E-state index contributed by atoms with van der Waals surface area (Å²) >= 11 is 0. The lowest BCUT2D eigenvalue weighted by Crippen LogP contribution is -2.17. The molecule has 1 aromatic rings. The van der Waals surface area contributed by atoms with Gasteiger partial charge in [-0.05, 0) is 25.2 Å². The minimum absolute atomic E-state index is 0.138. The van der Waals surface area contributed by atoms with Crippen molar-refractivity contribution in [3.05, 3.63) is 33.9 Å². The van der Waals surface area contributed by atoms with E-state index in [0.29, 0.717) is 6.54 Å². The molecular formula is C11H17N3O2. The molecule has 0 atom stereocenters. The van der Waals surface area contributed by atoms with Crippen molar-refractivity contribution >= 4 is 11.4 Å². The number of nitro benzene ring substituents is 1. The van der Waals surface area contributed by atoms with Crippen LogP contribution in [0.5, 0.6) is 0 Å². The van der Waals surface area contributed by atoms with E-state index in [1.54, 1.807) is 12.1 Å². The summed E-state index contributed by atoms with van der Waals surface area (Å²) in [6.45, 7) is 3.66. The van der Waals surface area contributed by atoms with Gasteiger partial charge in [-0.25, -0.2) is 0 Å². The molecular weight excluding hydrogens is 206 g/mol. The predicted octanol–water partition coefficient (Wildman–Crippen LogP) is 2.09. The molecule has 88 valence electrons. The Morgan fingerprint density at radius 1 is 1.50 bits per heavy atom. The second kappa shape index (κ2) is 5.46. The van der Waals surface area contributed by atoms with Crippen molar-refractivity contribution in [3.63, 3.8) is 0 Å². The minimum atomic E-state index is -0.366. The highest BCUT2D eigenvalue weighted by Gasteiger charge is 2.10. The van der Waals surface area contributed by atoms with Crippen molar-refractivity contribution in [1.82, 2.24) is 4.90 Å². The quantitative estimate of drug-likeness (QED) is 0.613. The molecule has 0 radical (unpaired) electrons. The van der Waals surface area contributed by atoms with Crippen molar-refractivity contribution in [2.45, 2.75) is 13.5 Å². The van der Waals surface area contributed by atoms with E-state index in [-0.39, 0.29) is 10.6 Å². The van der Waals surface area contributed by atoms with Crippen LogP contribution >= 0.6 is 0 Å². The number of rotatable bonds is 5. The van der Waals surface area contributed by atoms with Gasteiger partial charge in [-0.1, -0.05) is 6.92 Å². The lowest BCUT2D eigenvalue weighted by Gasteiger charge is -2.16. The second-order valence-corrected chi connectivity index (χ2v) is 3.68. The van der Waals surface area contributed by atoms with Gasteiger partial charge in [0, 0.05) is 31.4 Å². The normalized spacial score (nSPS) is 10.5. The Balaban J connectivity index is 3.02. The van der Waals surface area contributed by atoms with E-state index < -0.39 is 0 Å². The lowest BCUT2D eigenvalue weighted by atomic mass is 10.1. The van der Waals surface area contributed by atoms with E-state index in [1.807, 2.05) is 14.1 Å². The van der Waals surface area contributed by atoms with Crippen LogP contribution in [0.3, 0.4) is 0 Å². The van der Waals surface area contributed by atoms with E-state index in [9.17, 15) is 10.1 Å². The number of hydrogen-bond donors (Lipinski definition) is 1. The van der Waals surface area contributed by atoms with Crippen LogP contribution in [0.25, 0.3) is 0 Å². The Labute approximate surface area is 95.2 Å². The third-order valence-corrected chi connectivity index (χ3v) is 2.55. The Kier molecular flexibility index (Phi) is 4.25. The molecule has 0 aliphatic carbocycles. The third kappa shape index (κ3) is 2.93. The Morgan fingerprint density at radius 2 is 2.19 bits per heavy atom. The molecule has 5 nitrogen and oxygen atoms in total. The van der Waals surface area contributed by atoms with Crippen LogP contribution in [-0.2, 0) is 6.54 Å². The van der Waals surface area contributed by atoms with Gasteiger partial charge in [-0.2, -0.15) is 0 Å². The molecule has 0 aliphatic heterocycles. The number of non-ortho nitro benzene ring substituents is 1. The van der Waals surface area contributed by atoms with Gasteiger partial charge in [-0.15, -0.1) is 0 Å². The van der Waals surface area contributed by atoms with Crippen molar-refractivity contribution < 1.29 is 4.92 Å². The molecule has 1 aromatic carbocycles. The molecule has 0 aromatic heterocycles. The zero-order valence-electron chi connectivity index (χ0n) is 9.86. The molecule has 16 heavy (non-hydrogen) atoms. The van der Waals surface area contributed by atoms with Gasteiger partial charge in [0.2, 0.25) is 0 Å². The van der Waals surface area contributed by atoms with E-state index in [4.69, 9.17) is 0 Å². The maximum absolute atomic E-state index is 10.7. The molecule has 0 bridgehead atoms. The summed E-state index contributed by atoms with van der Waals surface area (Å²) in [4.78, 5) is 12.4. The molecule has 1 N–H and O–H groups in total. The fraction of sp³-hybridized carbons (Fsp3) is 0.455. The average molecular weight is 223 g/mol. The number of anilines is 1. The number of hydrogen-bond acceptors (Lipinski definition) is 4. The smallest absolute Gasteiger partial charge is 0.269 e. The van der Waals surface area contributed by atoms with Crippen LogP contribution in [-0.4, -0.2) is 30.5 Å². The lowest BCUT2D eigenvalue weighted by molar-refractivity contribution is -0.384. The Bertz CT molecular complexity index is 379. The van der Waals surface area contributed by atoms with Crippen LogP contribution in [0.1, 0.15) is 12.5 Å².